The van der Waals surface area contributed by atoms with Gasteiger partial charge in [0.1, 0.15) is 11.6 Å². The third-order valence-corrected chi connectivity index (χ3v) is 8.22. The van der Waals surface area contributed by atoms with Gasteiger partial charge in [0.25, 0.3) is 5.91 Å². The van der Waals surface area contributed by atoms with Gasteiger partial charge in [-0.1, -0.05) is 43.7 Å². The van der Waals surface area contributed by atoms with E-state index in [2.05, 4.69) is 6.58 Å². The molecule has 8 nitrogen and oxygen atoms in total. The summed E-state index contributed by atoms with van der Waals surface area (Å²) in [5.74, 6) is -2.65. The number of carbonyl (C=O) groups excluding carboxylic acids is 3. The highest BCUT2D eigenvalue weighted by molar-refractivity contribution is 6.34. The number of nitrogens with zero attached hydrogens (tertiary/aromatic N) is 2. The number of hydrogen-bond acceptors (Lipinski definition) is 6. The number of aliphatic hydroxyl groups excluding tert-OH is 1. The van der Waals surface area contributed by atoms with Crippen LogP contribution >= 0.6 is 11.6 Å². The number of hydrogen-bond donors (Lipinski definition) is 1. The number of carbonyl (C=O) groups is 3. The van der Waals surface area contributed by atoms with Gasteiger partial charge in [0.15, 0.2) is 0 Å². The summed E-state index contributed by atoms with van der Waals surface area (Å²) in [5, 5.41) is 10.8. The van der Waals surface area contributed by atoms with Crippen LogP contribution in [0.2, 0.25) is 5.02 Å². The van der Waals surface area contributed by atoms with Crippen molar-refractivity contribution < 1.29 is 29.0 Å². The Hall–Kier alpha value is -2.42. The van der Waals surface area contributed by atoms with Crippen LogP contribution in [0.15, 0.2) is 30.9 Å². The molecule has 0 saturated carbocycles. The standard InChI is InChI=1S/C28H37ClN2O6/c1-6-13-30(23-17(5)9-8-10-19(23)29)26(34)24-28-12-11-20(37-28)21(27(35)36-7-2)22(28)25(33)31(24)18(15-32)14-16(3)4/h6,8-10,16,18,20-22,24,32H,1,7,11-15H2,2-5H3/t18-,20-,21+,22+,24?,28?/m1/s1. The van der Waals surface area contributed by atoms with Crippen molar-refractivity contribution in [2.24, 2.45) is 17.8 Å². The summed E-state index contributed by atoms with van der Waals surface area (Å²) in [7, 11) is 0. The fraction of sp³-hybridized carbons (Fsp3) is 0.607. The molecular weight excluding hydrogens is 496 g/mol. The Morgan fingerprint density at radius 2 is 2.14 bits per heavy atom. The molecule has 1 aromatic rings. The molecule has 2 amide bonds. The number of para-hydroxylation sites is 1. The topological polar surface area (TPSA) is 96.4 Å². The van der Waals surface area contributed by atoms with Crippen molar-refractivity contribution in [3.63, 3.8) is 0 Å². The van der Waals surface area contributed by atoms with Gasteiger partial charge < -0.3 is 24.4 Å². The van der Waals surface area contributed by atoms with Crippen LogP contribution < -0.4 is 4.90 Å². The molecule has 0 radical (unpaired) electrons. The quantitative estimate of drug-likeness (QED) is 0.366. The number of benzene rings is 1. The first-order valence-electron chi connectivity index (χ1n) is 13.1. The Morgan fingerprint density at radius 1 is 1.41 bits per heavy atom. The van der Waals surface area contributed by atoms with Crippen molar-refractivity contribution in [2.75, 3.05) is 24.7 Å². The Bertz CT molecular complexity index is 1060. The van der Waals surface area contributed by atoms with Gasteiger partial charge in [0.2, 0.25) is 5.91 Å². The number of likely N-dealkylation sites (tertiary alicyclic amines) is 1. The van der Waals surface area contributed by atoms with Crippen LogP contribution in [-0.4, -0.2) is 71.3 Å². The molecule has 0 aromatic heterocycles. The van der Waals surface area contributed by atoms with Crippen LogP contribution in [-0.2, 0) is 23.9 Å². The van der Waals surface area contributed by atoms with Gasteiger partial charge in [0.05, 0.1) is 47.9 Å². The maximum atomic E-state index is 14.6. The Morgan fingerprint density at radius 3 is 2.73 bits per heavy atom. The minimum Gasteiger partial charge on any atom is -0.466 e. The van der Waals surface area contributed by atoms with Crippen LogP contribution in [0.4, 0.5) is 5.69 Å². The Labute approximate surface area is 223 Å². The maximum absolute atomic E-state index is 14.6. The van der Waals surface area contributed by atoms with Gasteiger partial charge in [-0.3, -0.25) is 14.4 Å². The summed E-state index contributed by atoms with van der Waals surface area (Å²) in [6.45, 7) is 11.5. The number of anilines is 1. The van der Waals surface area contributed by atoms with E-state index in [0.717, 1.165) is 5.56 Å². The number of halogens is 1. The fourth-order valence-corrected chi connectivity index (χ4v) is 6.95. The first-order chi connectivity index (χ1) is 17.6. The number of fused-ring (bicyclic) bond motifs is 1. The SMILES string of the molecule is C=CCN(C(=O)C1N([C@@H](CO)CC(C)C)C(=O)[C@@H]2[C@@H](C(=O)OCC)[C@H]3CCC12O3)c1c(C)cccc1Cl. The molecule has 2 unspecified atom stereocenters. The minimum absolute atomic E-state index is 0.159. The molecule has 9 heteroatoms. The molecule has 0 aliphatic carbocycles. The number of aryl methyl sites for hydroxylation is 1. The lowest BCUT2D eigenvalue weighted by atomic mass is 9.70. The highest BCUT2D eigenvalue weighted by Gasteiger charge is 2.75. The van der Waals surface area contributed by atoms with Gasteiger partial charge in [-0.05, 0) is 50.7 Å². The average molecular weight is 533 g/mol. The monoisotopic (exact) mass is 532 g/mol. The largest absolute Gasteiger partial charge is 0.466 e. The highest BCUT2D eigenvalue weighted by atomic mass is 35.5. The Balaban J connectivity index is 1.86. The molecule has 3 aliphatic rings. The van der Waals surface area contributed by atoms with Gasteiger partial charge in [0, 0.05) is 6.54 Å². The molecule has 202 valence electrons. The summed E-state index contributed by atoms with van der Waals surface area (Å²) in [5.41, 5.74) is 0.157. The summed E-state index contributed by atoms with van der Waals surface area (Å²) >= 11 is 6.58. The van der Waals surface area contributed by atoms with Crippen molar-refractivity contribution in [1.29, 1.82) is 0 Å². The van der Waals surface area contributed by atoms with Crippen molar-refractivity contribution in [3.8, 4) is 0 Å². The third kappa shape index (κ3) is 4.47. The minimum atomic E-state index is -1.19. The summed E-state index contributed by atoms with van der Waals surface area (Å²) in [6.07, 6.45) is 2.63. The number of esters is 1. The van der Waals surface area contributed by atoms with E-state index in [-0.39, 0.29) is 37.5 Å². The zero-order valence-corrected chi connectivity index (χ0v) is 22.7. The number of amides is 2. The first-order valence-corrected chi connectivity index (χ1v) is 13.5. The first kappa shape index (κ1) is 27.6. The molecule has 3 saturated heterocycles. The van der Waals surface area contributed by atoms with E-state index < -0.39 is 41.6 Å². The number of ether oxygens (including phenoxy) is 2. The molecule has 6 atom stereocenters. The molecule has 37 heavy (non-hydrogen) atoms. The van der Waals surface area contributed by atoms with E-state index >= 15 is 0 Å². The van der Waals surface area contributed by atoms with Gasteiger partial charge >= 0.3 is 5.97 Å². The van der Waals surface area contributed by atoms with Crippen LogP contribution in [0.5, 0.6) is 0 Å². The predicted octanol–water partition coefficient (Wildman–Crippen LogP) is 3.51. The third-order valence-electron chi connectivity index (χ3n) is 7.91. The van der Waals surface area contributed by atoms with Crippen molar-refractivity contribution in [1.82, 2.24) is 4.90 Å². The normalized spacial score (nSPS) is 28.9. The second kappa shape index (κ2) is 10.8. The van der Waals surface area contributed by atoms with E-state index in [0.29, 0.717) is 30.0 Å². The zero-order valence-electron chi connectivity index (χ0n) is 22.0. The molecule has 1 spiro atoms. The highest BCUT2D eigenvalue weighted by Crippen LogP contribution is 2.59. The van der Waals surface area contributed by atoms with E-state index in [1.807, 2.05) is 32.9 Å². The molecule has 2 bridgehead atoms. The number of aliphatic hydroxyl groups is 1. The van der Waals surface area contributed by atoms with E-state index in [9.17, 15) is 19.5 Å². The lowest BCUT2D eigenvalue weighted by molar-refractivity contribution is -0.155. The maximum Gasteiger partial charge on any atom is 0.312 e. The fourth-order valence-electron chi connectivity index (χ4n) is 6.62. The summed E-state index contributed by atoms with van der Waals surface area (Å²) in [4.78, 5) is 44.8. The molecule has 1 aromatic carbocycles. The molecule has 3 fully saturated rings. The lowest BCUT2D eigenvalue weighted by Gasteiger charge is -2.40. The van der Waals surface area contributed by atoms with Gasteiger partial charge in [-0.25, -0.2) is 0 Å². The molecule has 3 heterocycles. The second-order valence-corrected chi connectivity index (χ2v) is 11.1. The van der Waals surface area contributed by atoms with Gasteiger partial charge in [-0.15, -0.1) is 6.58 Å². The molecule has 3 aliphatic heterocycles. The predicted molar refractivity (Wildman–Crippen MR) is 140 cm³/mol. The number of rotatable bonds is 10. The molecule has 4 rings (SSSR count). The lowest BCUT2D eigenvalue weighted by Crippen LogP contribution is -2.59. The van der Waals surface area contributed by atoms with Crippen LogP contribution in [0.1, 0.15) is 45.6 Å². The van der Waals surface area contributed by atoms with E-state index in [1.54, 1.807) is 24.0 Å². The Kier molecular flexibility index (Phi) is 8.02. The van der Waals surface area contributed by atoms with E-state index in [1.165, 1.54) is 4.90 Å². The van der Waals surface area contributed by atoms with E-state index in [4.69, 9.17) is 21.1 Å². The smallest absolute Gasteiger partial charge is 0.312 e. The summed E-state index contributed by atoms with van der Waals surface area (Å²) in [6, 6.07) is 3.77. The van der Waals surface area contributed by atoms with Crippen molar-refractivity contribution >= 4 is 35.1 Å². The zero-order chi connectivity index (χ0) is 27.1. The summed E-state index contributed by atoms with van der Waals surface area (Å²) < 4.78 is 11.8. The molecule has 1 N–H and O–H groups in total. The average Bonchev–Trinajstić information content (AvgIpc) is 3.49. The van der Waals surface area contributed by atoms with Gasteiger partial charge in [-0.2, -0.15) is 0 Å². The second-order valence-electron chi connectivity index (χ2n) is 10.7. The van der Waals surface area contributed by atoms with Crippen LogP contribution in [0.25, 0.3) is 0 Å². The van der Waals surface area contributed by atoms with Crippen LogP contribution in [0, 0.1) is 24.7 Å². The molecular formula is C28H37ClN2O6. The van der Waals surface area contributed by atoms with Crippen molar-refractivity contribution in [3.05, 3.63) is 41.4 Å². The van der Waals surface area contributed by atoms with Crippen LogP contribution in [0.3, 0.4) is 0 Å². The van der Waals surface area contributed by atoms with Crippen molar-refractivity contribution in [2.45, 2.75) is 70.7 Å².